The van der Waals surface area contributed by atoms with E-state index in [9.17, 15) is 4.79 Å². The summed E-state index contributed by atoms with van der Waals surface area (Å²) in [5, 5.41) is 5.67. The molecule has 1 aromatic rings. The van der Waals surface area contributed by atoms with Crippen molar-refractivity contribution in [3.8, 4) is 11.5 Å². The third kappa shape index (κ3) is 3.29. The highest BCUT2D eigenvalue weighted by atomic mass is 16.7. The number of fused-ring (bicyclic) bond motifs is 1. The lowest BCUT2D eigenvalue weighted by atomic mass is 9.94. The molecule has 1 aliphatic carbocycles. The Bertz CT molecular complexity index is 539. The molecule has 0 atom stereocenters. The molecule has 1 aliphatic heterocycles. The lowest BCUT2D eigenvalue weighted by molar-refractivity contribution is -0.105. The summed E-state index contributed by atoms with van der Waals surface area (Å²) in [4.78, 5) is 11.8. The summed E-state index contributed by atoms with van der Waals surface area (Å²) in [6, 6.07) is 5.39. The van der Waals surface area contributed by atoms with Gasteiger partial charge in [-0.05, 0) is 31.4 Å². The number of ether oxygens (including phenoxy) is 2. The second-order valence-corrected chi connectivity index (χ2v) is 6.07. The number of benzene rings is 1. The van der Waals surface area contributed by atoms with Crippen LogP contribution in [0.5, 0.6) is 11.5 Å². The quantitative estimate of drug-likeness (QED) is 0.825. The fraction of sp³-hybridized carbons (Fsp3) is 0.588. The summed E-state index contributed by atoms with van der Waals surface area (Å²) in [6.07, 6.45) is 7.43. The average molecular weight is 304 g/mol. The minimum atomic E-state index is -0.470. The fourth-order valence-electron chi connectivity index (χ4n) is 3.02. The second kappa shape index (κ2) is 6.46. The average Bonchev–Trinajstić information content (AvgIpc) is 2.85. The first-order valence-corrected chi connectivity index (χ1v) is 8.28. The normalized spacial score (nSPS) is 18.2. The Balaban J connectivity index is 1.61. The van der Waals surface area contributed by atoms with Gasteiger partial charge in [0.2, 0.25) is 0 Å². The van der Waals surface area contributed by atoms with Gasteiger partial charge in [0.1, 0.15) is 0 Å². The van der Waals surface area contributed by atoms with Crippen molar-refractivity contribution in [3.63, 3.8) is 0 Å². The van der Waals surface area contributed by atoms with Crippen molar-refractivity contribution in [1.29, 1.82) is 0 Å². The van der Waals surface area contributed by atoms with Gasteiger partial charge >= 0.3 is 6.03 Å². The third-order valence-electron chi connectivity index (χ3n) is 4.22. The molecule has 22 heavy (non-hydrogen) atoms. The summed E-state index contributed by atoms with van der Waals surface area (Å²) in [7, 11) is 0. The fourth-order valence-corrected chi connectivity index (χ4v) is 3.02. The van der Waals surface area contributed by atoms with Crippen molar-refractivity contribution in [2.45, 2.75) is 57.7 Å². The highest BCUT2D eigenvalue weighted by Crippen LogP contribution is 2.46. The standard InChI is InChI=1S/C17H24N2O3/c1-2-3-11-18-16(20)19-13-7-8-14-15(12-13)22-17(21-14)9-5-4-6-10-17/h7-8,12H,2-6,9-11H2,1H3,(H2,18,19,20). The van der Waals surface area contributed by atoms with Crippen molar-refractivity contribution in [3.05, 3.63) is 18.2 Å². The molecule has 2 amide bonds. The Kier molecular flexibility index (Phi) is 4.41. The Hall–Kier alpha value is -1.91. The molecule has 0 bridgehead atoms. The maximum atomic E-state index is 11.8. The van der Waals surface area contributed by atoms with Gasteiger partial charge in [-0.1, -0.05) is 19.8 Å². The molecule has 0 aromatic heterocycles. The van der Waals surface area contributed by atoms with Gasteiger partial charge in [0, 0.05) is 31.1 Å². The third-order valence-corrected chi connectivity index (χ3v) is 4.22. The molecule has 1 heterocycles. The number of amides is 2. The van der Waals surface area contributed by atoms with Crippen molar-refractivity contribution in [2.75, 3.05) is 11.9 Å². The van der Waals surface area contributed by atoms with Crippen LogP contribution in [0.2, 0.25) is 0 Å². The van der Waals surface area contributed by atoms with Gasteiger partial charge in [-0.3, -0.25) is 0 Å². The van der Waals surface area contributed by atoms with E-state index in [0.29, 0.717) is 6.54 Å². The van der Waals surface area contributed by atoms with Gasteiger partial charge in [0.15, 0.2) is 11.5 Å². The molecular weight excluding hydrogens is 280 g/mol. The van der Waals surface area contributed by atoms with Crippen LogP contribution in [0.3, 0.4) is 0 Å². The summed E-state index contributed by atoms with van der Waals surface area (Å²) in [5.41, 5.74) is 0.726. The number of carbonyl (C=O) groups is 1. The molecule has 3 rings (SSSR count). The number of anilines is 1. The summed E-state index contributed by atoms with van der Waals surface area (Å²) < 4.78 is 12.1. The molecule has 5 nitrogen and oxygen atoms in total. The van der Waals surface area contributed by atoms with Gasteiger partial charge in [0.05, 0.1) is 0 Å². The first-order chi connectivity index (χ1) is 10.7. The van der Waals surface area contributed by atoms with Crippen molar-refractivity contribution < 1.29 is 14.3 Å². The maximum absolute atomic E-state index is 11.8. The van der Waals surface area contributed by atoms with E-state index in [-0.39, 0.29) is 6.03 Å². The molecule has 2 N–H and O–H groups in total. The molecule has 5 heteroatoms. The minimum Gasteiger partial charge on any atom is -0.448 e. The lowest BCUT2D eigenvalue weighted by Gasteiger charge is -2.31. The van der Waals surface area contributed by atoms with Crippen molar-refractivity contribution >= 4 is 11.7 Å². The zero-order chi connectivity index (χ0) is 15.4. The summed E-state index contributed by atoms with van der Waals surface area (Å²) in [6.45, 7) is 2.79. The van der Waals surface area contributed by atoms with Crippen LogP contribution in [0.15, 0.2) is 18.2 Å². The molecule has 1 fully saturated rings. The van der Waals surface area contributed by atoms with E-state index < -0.39 is 5.79 Å². The highest BCUT2D eigenvalue weighted by Gasteiger charge is 2.42. The zero-order valence-corrected chi connectivity index (χ0v) is 13.1. The molecule has 120 valence electrons. The minimum absolute atomic E-state index is 0.181. The number of carbonyl (C=O) groups excluding carboxylic acids is 1. The van der Waals surface area contributed by atoms with E-state index in [1.54, 1.807) is 0 Å². The van der Waals surface area contributed by atoms with Crippen molar-refractivity contribution in [2.24, 2.45) is 0 Å². The number of hydrogen-bond donors (Lipinski definition) is 2. The molecule has 2 aliphatic rings. The first-order valence-electron chi connectivity index (χ1n) is 8.28. The number of nitrogens with one attached hydrogen (secondary N) is 2. The Morgan fingerprint density at radius 3 is 2.73 bits per heavy atom. The lowest BCUT2D eigenvalue weighted by Crippen LogP contribution is -2.40. The molecule has 1 saturated carbocycles. The largest absolute Gasteiger partial charge is 0.448 e. The molecule has 1 spiro atoms. The van der Waals surface area contributed by atoms with Crippen LogP contribution in [0, 0.1) is 0 Å². The van der Waals surface area contributed by atoms with Crippen LogP contribution in [-0.4, -0.2) is 18.4 Å². The molecule has 0 unspecified atom stereocenters. The van der Waals surface area contributed by atoms with Crippen LogP contribution < -0.4 is 20.1 Å². The number of hydrogen-bond acceptors (Lipinski definition) is 3. The van der Waals surface area contributed by atoms with Crippen LogP contribution in [-0.2, 0) is 0 Å². The Morgan fingerprint density at radius 1 is 1.18 bits per heavy atom. The number of unbranched alkanes of at least 4 members (excludes halogenated alkanes) is 1. The Labute approximate surface area is 131 Å². The van der Waals surface area contributed by atoms with E-state index in [0.717, 1.165) is 55.7 Å². The number of urea groups is 1. The van der Waals surface area contributed by atoms with Gasteiger partial charge in [0.25, 0.3) is 5.79 Å². The molecule has 0 saturated heterocycles. The van der Waals surface area contributed by atoms with E-state index in [1.165, 1.54) is 6.42 Å². The number of rotatable bonds is 4. The van der Waals surface area contributed by atoms with E-state index in [1.807, 2.05) is 18.2 Å². The van der Waals surface area contributed by atoms with Crippen LogP contribution in [0.1, 0.15) is 51.9 Å². The van der Waals surface area contributed by atoms with Crippen LogP contribution >= 0.6 is 0 Å². The topological polar surface area (TPSA) is 59.6 Å². The van der Waals surface area contributed by atoms with Crippen molar-refractivity contribution in [1.82, 2.24) is 5.32 Å². The van der Waals surface area contributed by atoms with Gasteiger partial charge in [-0.25, -0.2) is 4.79 Å². The second-order valence-electron chi connectivity index (χ2n) is 6.07. The van der Waals surface area contributed by atoms with Gasteiger partial charge in [-0.15, -0.1) is 0 Å². The first kappa shape index (κ1) is 15.0. The van der Waals surface area contributed by atoms with Gasteiger partial charge in [-0.2, -0.15) is 0 Å². The summed E-state index contributed by atoms with van der Waals surface area (Å²) in [5.74, 6) is 1.04. The SMILES string of the molecule is CCCCNC(=O)Nc1ccc2c(c1)OC1(CCCCC1)O2. The monoisotopic (exact) mass is 304 g/mol. The van der Waals surface area contributed by atoms with E-state index >= 15 is 0 Å². The van der Waals surface area contributed by atoms with Gasteiger partial charge < -0.3 is 20.1 Å². The highest BCUT2D eigenvalue weighted by molar-refractivity contribution is 5.89. The summed E-state index contributed by atoms with van der Waals surface area (Å²) >= 11 is 0. The van der Waals surface area contributed by atoms with Crippen LogP contribution in [0.25, 0.3) is 0 Å². The molecule has 1 aromatic carbocycles. The predicted octanol–water partition coefficient (Wildman–Crippen LogP) is 4.04. The molecule has 0 radical (unpaired) electrons. The van der Waals surface area contributed by atoms with E-state index in [2.05, 4.69) is 17.6 Å². The maximum Gasteiger partial charge on any atom is 0.319 e. The molecular formula is C17H24N2O3. The van der Waals surface area contributed by atoms with E-state index in [4.69, 9.17) is 9.47 Å². The zero-order valence-electron chi connectivity index (χ0n) is 13.1. The predicted molar refractivity (Wildman–Crippen MR) is 85.4 cm³/mol. The Morgan fingerprint density at radius 2 is 1.95 bits per heavy atom. The smallest absolute Gasteiger partial charge is 0.319 e. The van der Waals surface area contributed by atoms with Crippen LogP contribution in [0.4, 0.5) is 10.5 Å².